The van der Waals surface area contributed by atoms with Crippen molar-refractivity contribution in [2.75, 3.05) is 25.1 Å². The molecule has 2 heteroatoms. The molecule has 0 aliphatic carbocycles. The third-order valence-corrected chi connectivity index (χ3v) is 2.49. The molecule has 0 atom stereocenters. The van der Waals surface area contributed by atoms with Gasteiger partial charge in [-0.3, -0.25) is 0 Å². The van der Waals surface area contributed by atoms with Gasteiger partial charge in [0, 0.05) is 18.8 Å². The zero-order chi connectivity index (χ0) is 11.5. The maximum Gasteiger partial charge on any atom is 0.0639 e. The average molecular weight is 221 g/mol. The van der Waals surface area contributed by atoms with Crippen molar-refractivity contribution < 1.29 is 4.74 Å². The van der Waals surface area contributed by atoms with Crippen LogP contribution in [0, 0.1) is 0 Å². The Kier molecular flexibility index (Phi) is 7.52. The monoisotopic (exact) mass is 221 g/mol. The lowest BCUT2D eigenvalue weighted by Gasteiger charge is -2.06. The summed E-state index contributed by atoms with van der Waals surface area (Å²) in [5, 5.41) is 3.32. The molecule has 0 fully saturated rings. The lowest BCUT2D eigenvalue weighted by molar-refractivity contribution is 0.139. The molecule has 0 aliphatic heterocycles. The summed E-state index contributed by atoms with van der Waals surface area (Å²) in [5.41, 5.74) is 1.16. The van der Waals surface area contributed by atoms with Gasteiger partial charge in [-0.2, -0.15) is 0 Å². The van der Waals surface area contributed by atoms with Gasteiger partial charge in [-0.25, -0.2) is 0 Å². The number of para-hydroxylation sites is 1. The minimum absolute atomic E-state index is 0.793. The van der Waals surface area contributed by atoms with E-state index in [1.54, 1.807) is 0 Å². The third-order valence-electron chi connectivity index (χ3n) is 2.49. The number of nitrogens with one attached hydrogen (secondary N) is 1. The molecular formula is C14H23NO. The molecule has 2 nitrogen and oxygen atoms in total. The second-order valence-electron chi connectivity index (χ2n) is 3.97. The van der Waals surface area contributed by atoms with Crippen LogP contribution < -0.4 is 5.32 Å². The van der Waals surface area contributed by atoms with Gasteiger partial charge in [-0.1, -0.05) is 44.4 Å². The number of benzene rings is 1. The van der Waals surface area contributed by atoms with E-state index >= 15 is 0 Å². The van der Waals surface area contributed by atoms with Crippen LogP contribution >= 0.6 is 0 Å². The number of ether oxygens (including phenoxy) is 1. The van der Waals surface area contributed by atoms with Crippen molar-refractivity contribution in [3.05, 3.63) is 30.3 Å². The lowest BCUT2D eigenvalue weighted by Crippen LogP contribution is -2.09. The molecular weight excluding hydrogens is 198 g/mol. The summed E-state index contributed by atoms with van der Waals surface area (Å²) in [5.74, 6) is 0. The van der Waals surface area contributed by atoms with Gasteiger partial charge < -0.3 is 10.1 Å². The molecule has 0 radical (unpaired) electrons. The Morgan fingerprint density at radius 3 is 2.56 bits per heavy atom. The molecule has 90 valence electrons. The van der Waals surface area contributed by atoms with Crippen molar-refractivity contribution in [2.24, 2.45) is 0 Å². The fourth-order valence-electron chi connectivity index (χ4n) is 1.56. The fourth-order valence-corrected chi connectivity index (χ4v) is 1.56. The van der Waals surface area contributed by atoms with E-state index in [9.17, 15) is 0 Å². The second-order valence-corrected chi connectivity index (χ2v) is 3.97. The number of unbranched alkanes of at least 4 members (excludes halogenated alkanes) is 3. The summed E-state index contributed by atoms with van der Waals surface area (Å²) in [6.45, 7) is 4.81. The van der Waals surface area contributed by atoms with Crippen molar-refractivity contribution in [1.29, 1.82) is 0 Å². The van der Waals surface area contributed by atoms with E-state index in [-0.39, 0.29) is 0 Å². The van der Waals surface area contributed by atoms with E-state index in [0.29, 0.717) is 0 Å². The van der Waals surface area contributed by atoms with E-state index in [2.05, 4.69) is 24.4 Å². The Morgan fingerprint density at radius 1 is 1.00 bits per heavy atom. The highest BCUT2D eigenvalue weighted by atomic mass is 16.5. The van der Waals surface area contributed by atoms with E-state index in [4.69, 9.17) is 4.74 Å². The van der Waals surface area contributed by atoms with E-state index in [0.717, 1.165) is 25.4 Å². The molecule has 0 heterocycles. The van der Waals surface area contributed by atoms with Crippen molar-refractivity contribution >= 4 is 5.69 Å². The predicted octanol–water partition coefficient (Wildman–Crippen LogP) is 3.70. The molecule has 1 rings (SSSR count). The Hall–Kier alpha value is -1.02. The highest BCUT2D eigenvalue weighted by Crippen LogP contribution is 2.04. The normalized spacial score (nSPS) is 10.3. The second kappa shape index (κ2) is 9.22. The molecule has 0 spiro atoms. The molecule has 0 saturated heterocycles. The minimum Gasteiger partial charge on any atom is -0.383 e. The maximum atomic E-state index is 5.54. The Balaban J connectivity index is 1.89. The quantitative estimate of drug-likeness (QED) is 0.642. The largest absolute Gasteiger partial charge is 0.383 e. The van der Waals surface area contributed by atoms with E-state index in [1.807, 2.05) is 18.2 Å². The van der Waals surface area contributed by atoms with Gasteiger partial charge in [0.05, 0.1) is 6.61 Å². The smallest absolute Gasteiger partial charge is 0.0639 e. The first-order chi connectivity index (χ1) is 7.93. The molecule has 16 heavy (non-hydrogen) atoms. The van der Waals surface area contributed by atoms with Crippen LogP contribution in [-0.2, 0) is 4.74 Å². The van der Waals surface area contributed by atoms with E-state index < -0.39 is 0 Å². The minimum atomic E-state index is 0.793. The molecule has 0 aromatic heterocycles. The highest BCUT2D eigenvalue weighted by molar-refractivity contribution is 5.42. The van der Waals surface area contributed by atoms with Crippen LogP contribution in [0.5, 0.6) is 0 Å². The predicted molar refractivity (Wildman–Crippen MR) is 69.9 cm³/mol. The molecule has 1 aromatic carbocycles. The van der Waals surface area contributed by atoms with Crippen LogP contribution in [0.25, 0.3) is 0 Å². The highest BCUT2D eigenvalue weighted by Gasteiger charge is 1.91. The van der Waals surface area contributed by atoms with Gasteiger partial charge in [0.25, 0.3) is 0 Å². The summed E-state index contributed by atoms with van der Waals surface area (Å²) in [4.78, 5) is 0. The van der Waals surface area contributed by atoms with Crippen LogP contribution in [0.4, 0.5) is 5.69 Å². The van der Waals surface area contributed by atoms with Gasteiger partial charge >= 0.3 is 0 Å². The van der Waals surface area contributed by atoms with Gasteiger partial charge in [-0.15, -0.1) is 0 Å². The summed E-state index contributed by atoms with van der Waals surface area (Å²) < 4.78 is 5.54. The van der Waals surface area contributed by atoms with Crippen LogP contribution in [0.1, 0.15) is 32.6 Å². The molecule has 0 amide bonds. The van der Waals surface area contributed by atoms with Crippen LogP contribution in [0.3, 0.4) is 0 Å². The first-order valence-corrected chi connectivity index (χ1v) is 6.30. The number of hydrogen-bond acceptors (Lipinski definition) is 2. The fraction of sp³-hybridized carbons (Fsp3) is 0.571. The number of rotatable bonds is 9. The van der Waals surface area contributed by atoms with Crippen LogP contribution in [0.15, 0.2) is 30.3 Å². The van der Waals surface area contributed by atoms with Crippen LogP contribution in [0.2, 0.25) is 0 Å². The molecule has 1 aromatic rings. The number of hydrogen-bond donors (Lipinski definition) is 1. The Morgan fingerprint density at radius 2 is 1.81 bits per heavy atom. The third kappa shape index (κ3) is 6.46. The van der Waals surface area contributed by atoms with E-state index in [1.165, 1.54) is 25.7 Å². The summed E-state index contributed by atoms with van der Waals surface area (Å²) in [6.07, 6.45) is 5.10. The van der Waals surface area contributed by atoms with Crippen molar-refractivity contribution in [2.45, 2.75) is 32.6 Å². The van der Waals surface area contributed by atoms with Gasteiger partial charge in [-0.05, 0) is 18.6 Å². The topological polar surface area (TPSA) is 21.3 Å². The average Bonchev–Trinajstić information content (AvgIpc) is 2.34. The summed E-state index contributed by atoms with van der Waals surface area (Å²) in [7, 11) is 0. The molecule has 0 aliphatic rings. The van der Waals surface area contributed by atoms with Gasteiger partial charge in [0.15, 0.2) is 0 Å². The SMILES string of the molecule is CCCCCCOCCNc1ccccc1. The molecule has 0 bridgehead atoms. The van der Waals surface area contributed by atoms with Crippen LogP contribution in [-0.4, -0.2) is 19.8 Å². The van der Waals surface area contributed by atoms with Crippen molar-refractivity contribution in [3.8, 4) is 0 Å². The molecule has 0 saturated carbocycles. The molecule has 1 N–H and O–H groups in total. The Labute approximate surface area is 99.0 Å². The summed E-state index contributed by atoms with van der Waals surface area (Å²) in [6, 6.07) is 10.2. The van der Waals surface area contributed by atoms with Gasteiger partial charge in [0.1, 0.15) is 0 Å². The molecule has 0 unspecified atom stereocenters. The standard InChI is InChI=1S/C14H23NO/c1-2-3-4-8-12-16-13-11-15-14-9-6-5-7-10-14/h5-7,9-10,15H,2-4,8,11-13H2,1H3. The van der Waals surface area contributed by atoms with Gasteiger partial charge in [0.2, 0.25) is 0 Å². The first kappa shape index (κ1) is 13.0. The van der Waals surface area contributed by atoms with Crippen molar-refractivity contribution in [1.82, 2.24) is 0 Å². The first-order valence-electron chi connectivity index (χ1n) is 6.30. The lowest BCUT2D eigenvalue weighted by atomic mass is 10.2. The summed E-state index contributed by atoms with van der Waals surface area (Å²) >= 11 is 0. The number of anilines is 1. The zero-order valence-corrected chi connectivity index (χ0v) is 10.2. The maximum absolute atomic E-state index is 5.54. The zero-order valence-electron chi connectivity index (χ0n) is 10.2. The van der Waals surface area contributed by atoms with Crippen molar-refractivity contribution in [3.63, 3.8) is 0 Å². The Bertz CT molecular complexity index is 248.